The molecule has 0 bridgehead atoms. The van der Waals surface area contributed by atoms with Gasteiger partial charge in [-0.2, -0.15) is 0 Å². The lowest BCUT2D eigenvalue weighted by Crippen LogP contribution is -2.39. The molecule has 11 heavy (non-hydrogen) atoms. The molecule has 60 valence electrons. The average molecular weight is 156 g/mol. The summed E-state index contributed by atoms with van der Waals surface area (Å²) < 4.78 is 0. The number of carbonyl (C=O) groups is 1. The van der Waals surface area contributed by atoms with Gasteiger partial charge in [-0.1, -0.05) is 0 Å². The standard InChI is InChI=1S/C4H8N6O/c5-9-7-4(11)8-10-2-1-6-3-10/h6H,1-3H2,(H,8,11). The van der Waals surface area contributed by atoms with Crippen LogP contribution in [0.3, 0.4) is 0 Å². The van der Waals surface area contributed by atoms with Crippen LogP contribution in [0.1, 0.15) is 0 Å². The van der Waals surface area contributed by atoms with Crippen molar-refractivity contribution >= 4 is 6.03 Å². The van der Waals surface area contributed by atoms with Crippen LogP contribution >= 0.6 is 0 Å². The van der Waals surface area contributed by atoms with E-state index < -0.39 is 6.03 Å². The van der Waals surface area contributed by atoms with E-state index in [1.165, 1.54) is 0 Å². The van der Waals surface area contributed by atoms with E-state index in [1.54, 1.807) is 5.01 Å². The Morgan fingerprint density at radius 3 is 3.18 bits per heavy atom. The number of hydrazine groups is 1. The summed E-state index contributed by atoms with van der Waals surface area (Å²) in [5.74, 6) is 0. The third-order valence-electron chi connectivity index (χ3n) is 1.25. The number of nitrogens with zero attached hydrogens (tertiary/aromatic N) is 4. The van der Waals surface area contributed by atoms with Crippen LogP contribution in [0.15, 0.2) is 5.11 Å². The fourth-order valence-corrected chi connectivity index (χ4v) is 0.801. The zero-order valence-corrected chi connectivity index (χ0v) is 5.82. The van der Waals surface area contributed by atoms with E-state index in [9.17, 15) is 4.79 Å². The normalized spacial score (nSPS) is 17.5. The number of carbonyl (C=O) groups excluding carboxylic acids is 1. The van der Waals surface area contributed by atoms with E-state index in [4.69, 9.17) is 5.53 Å². The van der Waals surface area contributed by atoms with Crippen LogP contribution in [0, 0.1) is 0 Å². The highest BCUT2D eigenvalue weighted by atomic mass is 16.2. The molecule has 0 atom stereocenters. The second kappa shape index (κ2) is 3.77. The molecular weight excluding hydrogens is 148 g/mol. The van der Waals surface area contributed by atoms with E-state index in [2.05, 4.69) is 20.8 Å². The van der Waals surface area contributed by atoms with Crippen molar-refractivity contribution in [3.63, 3.8) is 0 Å². The van der Waals surface area contributed by atoms with Crippen molar-refractivity contribution in [1.29, 1.82) is 0 Å². The van der Waals surface area contributed by atoms with Gasteiger partial charge in [-0.05, 0) is 5.53 Å². The van der Waals surface area contributed by atoms with E-state index in [0.29, 0.717) is 6.67 Å². The molecule has 1 heterocycles. The minimum absolute atomic E-state index is 0.590. The molecule has 2 amide bonds. The maximum atomic E-state index is 10.6. The summed E-state index contributed by atoms with van der Waals surface area (Å²) in [6.07, 6.45) is 0. The summed E-state index contributed by atoms with van der Waals surface area (Å²) in [6.45, 7) is 2.15. The van der Waals surface area contributed by atoms with Gasteiger partial charge in [-0.3, -0.25) is 10.2 Å². The van der Waals surface area contributed by atoms with Crippen molar-refractivity contribution in [3.05, 3.63) is 10.4 Å². The molecular formula is C4H8N6O. The molecule has 0 unspecified atom stereocenters. The highest BCUT2D eigenvalue weighted by molar-refractivity contribution is 5.74. The first kappa shape index (κ1) is 7.80. The number of amides is 2. The first-order valence-corrected chi connectivity index (χ1v) is 3.14. The fourth-order valence-electron chi connectivity index (χ4n) is 0.801. The molecule has 0 aromatic carbocycles. The summed E-state index contributed by atoms with van der Waals surface area (Å²) >= 11 is 0. The van der Waals surface area contributed by atoms with Crippen LogP contribution in [0.25, 0.3) is 10.4 Å². The Balaban J connectivity index is 2.29. The molecule has 0 radical (unpaired) electrons. The van der Waals surface area contributed by atoms with Gasteiger partial charge in [0.15, 0.2) is 0 Å². The predicted octanol–water partition coefficient (Wildman–Crippen LogP) is -0.216. The van der Waals surface area contributed by atoms with Crippen molar-refractivity contribution in [3.8, 4) is 0 Å². The van der Waals surface area contributed by atoms with Crippen LogP contribution in [-0.2, 0) is 0 Å². The quantitative estimate of drug-likeness (QED) is 0.312. The summed E-state index contributed by atoms with van der Waals surface area (Å²) in [5.41, 5.74) is 10.3. The lowest BCUT2D eigenvalue weighted by Gasteiger charge is -2.12. The second-order valence-electron chi connectivity index (χ2n) is 2.03. The number of hydrogen-bond donors (Lipinski definition) is 2. The lowest BCUT2D eigenvalue weighted by molar-refractivity contribution is 0.204. The molecule has 1 saturated heterocycles. The van der Waals surface area contributed by atoms with Crippen molar-refractivity contribution < 1.29 is 4.79 Å². The Kier molecular flexibility index (Phi) is 2.67. The zero-order chi connectivity index (χ0) is 8.10. The number of urea groups is 1. The Morgan fingerprint density at radius 2 is 2.64 bits per heavy atom. The fraction of sp³-hybridized carbons (Fsp3) is 0.750. The smallest absolute Gasteiger partial charge is 0.302 e. The minimum atomic E-state index is -0.670. The van der Waals surface area contributed by atoms with Gasteiger partial charge in [0.1, 0.15) is 0 Å². The summed E-state index contributed by atoms with van der Waals surface area (Å²) in [6, 6.07) is -0.670. The number of rotatable bonds is 1. The monoisotopic (exact) mass is 156 g/mol. The Morgan fingerprint density at radius 1 is 1.82 bits per heavy atom. The molecule has 1 aliphatic heterocycles. The van der Waals surface area contributed by atoms with Crippen molar-refractivity contribution in [2.45, 2.75) is 0 Å². The van der Waals surface area contributed by atoms with Crippen LogP contribution in [-0.4, -0.2) is 30.8 Å². The van der Waals surface area contributed by atoms with Crippen molar-refractivity contribution in [1.82, 2.24) is 15.8 Å². The minimum Gasteiger partial charge on any atom is -0.302 e. The van der Waals surface area contributed by atoms with Crippen LogP contribution in [0.5, 0.6) is 0 Å². The maximum Gasteiger partial charge on any atom is 0.322 e. The molecule has 0 saturated carbocycles. The van der Waals surface area contributed by atoms with Crippen molar-refractivity contribution in [2.75, 3.05) is 19.8 Å². The second-order valence-corrected chi connectivity index (χ2v) is 2.03. The third kappa shape index (κ3) is 2.42. The molecule has 2 N–H and O–H groups in total. The van der Waals surface area contributed by atoms with Gasteiger partial charge in [0, 0.05) is 23.1 Å². The van der Waals surface area contributed by atoms with Gasteiger partial charge in [-0.15, -0.1) is 0 Å². The van der Waals surface area contributed by atoms with Crippen LogP contribution in [0.4, 0.5) is 4.79 Å². The van der Waals surface area contributed by atoms with Crippen molar-refractivity contribution in [2.24, 2.45) is 5.11 Å². The molecule has 0 aromatic heterocycles. The maximum absolute atomic E-state index is 10.6. The van der Waals surface area contributed by atoms with Gasteiger partial charge in [0.05, 0.1) is 6.67 Å². The average Bonchev–Trinajstić information content (AvgIpc) is 2.40. The van der Waals surface area contributed by atoms with E-state index in [1.807, 2.05) is 0 Å². The van der Waals surface area contributed by atoms with E-state index in [-0.39, 0.29) is 0 Å². The summed E-state index contributed by atoms with van der Waals surface area (Å²) in [4.78, 5) is 12.9. The first-order chi connectivity index (χ1) is 5.33. The topological polar surface area (TPSA) is 93.1 Å². The van der Waals surface area contributed by atoms with Gasteiger partial charge in [0.2, 0.25) is 0 Å². The van der Waals surface area contributed by atoms with E-state index >= 15 is 0 Å². The molecule has 7 heteroatoms. The Labute approximate surface area is 63.0 Å². The number of nitrogens with one attached hydrogen (secondary N) is 2. The molecule has 0 aromatic rings. The number of hydrogen-bond acceptors (Lipinski definition) is 3. The van der Waals surface area contributed by atoms with Gasteiger partial charge in [0.25, 0.3) is 0 Å². The first-order valence-electron chi connectivity index (χ1n) is 3.14. The third-order valence-corrected chi connectivity index (χ3v) is 1.25. The molecule has 0 spiro atoms. The van der Waals surface area contributed by atoms with Gasteiger partial charge >= 0.3 is 6.03 Å². The van der Waals surface area contributed by atoms with Crippen LogP contribution in [0.2, 0.25) is 0 Å². The predicted molar refractivity (Wildman–Crippen MR) is 37.3 cm³/mol. The SMILES string of the molecule is [N-]=[N+]=NC(=O)NN1CCNC1. The largest absolute Gasteiger partial charge is 0.322 e. The molecule has 7 nitrogen and oxygen atoms in total. The lowest BCUT2D eigenvalue weighted by atomic mass is 10.7. The highest BCUT2D eigenvalue weighted by Gasteiger charge is 2.11. The molecule has 1 fully saturated rings. The number of azide groups is 1. The van der Waals surface area contributed by atoms with Gasteiger partial charge in [-0.25, -0.2) is 5.01 Å². The summed E-state index contributed by atoms with van der Waals surface area (Å²) in [5, 5.41) is 7.48. The Hall–Kier alpha value is -1.30. The molecule has 1 aliphatic rings. The van der Waals surface area contributed by atoms with E-state index in [0.717, 1.165) is 13.1 Å². The molecule has 0 aliphatic carbocycles. The summed E-state index contributed by atoms with van der Waals surface area (Å²) in [7, 11) is 0. The van der Waals surface area contributed by atoms with Crippen LogP contribution < -0.4 is 10.7 Å². The van der Waals surface area contributed by atoms with Gasteiger partial charge < -0.3 is 5.32 Å². The molecule has 1 rings (SSSR count). The zero-order valence-electron chi connectivity index (χ0n) is 5.82. The Bertz CT molecular complexity index is 191. The highest BCUT2D eigenvalue weighted by Crippen LogP contribution is 1.87.